The normalized spacial score (nSPS) is 19.1. The van der Waals surface area contributed by atoms with E-state index in [9.17, 15) is 24.0 Å². The van der Waals surface area contributed by atoms with Crippen molar-refractivity contribution >= 4 is 17.9 Å². The largest absolute Gasteiger partial charge is 0.445 e. The summed E-state index contributed by atoms with van der Waals surface area (Å²) in [5.41, 5.74) is 0.750. The molecule has 2 heterocycles. The van der Waals surface area contributed by atoms with Crippen molar-refractivity contribution < 1.29 is 28.7 Å². The van der Waals surface area contributed by atoms with E-state index in [4.69, 9.17) is 4.74 Å². The average molecular weight is 513 g/mol. The summed E-state index contributed by atoms with van der Waals surface area (Å²) >= 11 is 0. The molecule has 1 aromatic carbocycles. The van der Waals surface area contributed by atoms with E-state index in [0.717, 1.165) is 43.5 Å². The zero-order valence-electron chi connectivity index (χ0n) is 20.7. The van der Waals surface area contributed by atoms with Crippen LogP contribution in [0.25, 0.3) is 0 Å². The van der Waals surface area contributed by atoms with Crippen LogP contribution < -0.4 is 10.8 Å². The van der Waals surface area contributed by atoms with Gasteiger partial charge in [-0.25, -0.2) is 9.18 Å². The number of halogens is 1. The average Bonchev–Trinajstić information content (AvgIpc) is 3.59. The van der Waals surface area contributed by atoms with Crippen LogP contribution in [0.5, 0.6) is 0 Å². The third-order valence-corrected chi connectivity index (χ3v) is 7.07. The highest BCUT2D eigenvalue weighted by Gasteiger charge is 2.38. The van der Waals surface area contributed by atoms with Gasteiger partial charge in [-0.3, -0.25) is 9.59 Å². The Bertz CT molecular complexity index is 1160. The maximum Gasteiger partial charge on any atom is 0.407 e. The molecule has 1 aliphatic heterocycles. The highest BCUT2D eigenvalue weighted by molar-refractivity contribution is 5.89. The summed E-state index contributed by atoms with van der Waals surface area (Å²) in [5.74, 6) is -1.54. The molecule has 1 aliphatic carbocycles. The van der Waals surface area contributed by atoms with Crippen molar-refractivity contribution in [3.63, 3.8) is 0 Å². The highest BCUT2D eigenvalue weighted by Crippen LogP contribution is 2.32. The van der Waals surface area contributed by atoms with E-state index < -0.39 is 29.8 Å². The Morgan fingerprint density at radius 1 is 1.08 bits per heavy atom. The van der Waals surface area contributed by atoms with Gasteiger partial charge in [0, 0.05) is 13.1 Å². The van der Waals surface area contributed by atoms with Gasteiger partial charge >= 0.3 is 6.09 Å². The summed E-state index contributed by atoms with van der Waals surface area (Å²) in [6, 6.07) is 10.9. The van der Waals surface area contributed by atoms with Crippen LogP contribution in [0.15, 0.2) is 53.7 Å². The number of aromatic nitrogens is 1. The predicted octanol–water partition coefficient (Wildman–Crippen LogP) is 3.41. The summed E-state index contributed by atoms with van der Waals surface area (Å²) in [6.07, 6.45) is 6.27. The summed E-state index contributed by atoms with van der Waals surface area (Å²) in [5, 5.41) is 12.6. The van der Waals surface area contributed by atoms with Crippen LogP contribution in [0.3, 0.4) is 0 Å². The van der Waals surface area contributed by atoms with Crippen molar-refractivity contribution in [3.8, 4) is 0 Å². The third-order valence-electron chi connectivity index (χ3n) is 7.07. The summed E-state index contributed by atoms with van der Waals surface area (Å²) < 4.78 is 19.0. The van der Waals surface area contributed by atoms with Gasteiger partial charge in [-0.15, -0.1) is 0 Å². The fourth-order valence-electron chi connectivity index (χ4n) is 5.15. The van der Waals surface area contributed by atoms with Gasteiger partial charge in [0.25, 0.3) is 5.91 Å². The first-order valence-corrected chi connectivity index (χ1v) is 12.8. The molecule has 2 atom stereocenters. The minimum atomic E-state index is -0.770. The lowest BCUT2D eigenvalue weighted by Gasteiger charge is -2.28. The van der Waals surface area contributed by atoms with Gasteiger partial charge in [-0.1, -0.05) is 56.0 Å². The number of ether oxygens (including phenoxy) is 1. The van der Waals surface area contributed by atoms with Gasteiger partial charge in [0.1, 0.15) is 18.5 Å². The summed E-state index contributed by atoms with van der Waals surface area (Å²) in [6.45, 7) is 0.658. The fraction of sp³-hybridized carbons (Fsp3) is 0.481. The lowest BCUT2D eigenvalue weighted by molar-refractivity contribution is -0.141. The monoisotopic (exact) mass is 512 g/mol. The summed E-state index contributed by atoms with van der Waals surface area (Å²) in [7, 11) is 0. The minimum Gasteiger partial charge on any atom is -0.445 e. The number of rotatable bonds is 8. The highest BCUT2D eigenvalue weighted by atomic mass is 19.1. The Balaban J connectivity index is 1.42. The van der Waals surface area contributed by atoms with Crippen molar-refractivity contribution in [1.82, 2.24) is 14.9 Å². The number of amides is 3. The number of alkyl carbamates (subject to hydrolysis) is 1. The van der Waals surface area contributed by atoms with E-state index in [1.165, 1.54) is 11.0 Å². The van der Waals surface area contributed by atoms with E-state index >= 15 is 0 Å². The van der Waals surface area contributed by atoms with E-state index in [-0.39, 0.29) is 24.5 Å². The second-order valence-corrected chi connectivity index (χ2v) is 9.72. The molecule has 1 saturated carbocycles. The second-order valence-electron chi connectivity index (χ2n) is 9.72. The standard InChI is InChI=1S/C27H33FN4O5/c28-22-12-13-24(32(36)17-22)30-25(33)23-11-6-14-31(23)26(34)21(15-19-7-4-5-8-19)16-29-27(35)37-18-20-9-2-1-3-10-20/h1-3,9-10,12-13,17,19,21,23,36H,4-8,11,14-16,18H2,(H,29,35). The molecule has 0 radical (unpaired) electrons. The number of benzene rings is 1. The van der Waals surface area contributed by atoms with Gasteiger partial charge in [-0.2, -0.15) is 9.72 Å². The first-order valence-electron chi connectivity index (χ1n) is 12.8. The minimum absolute atomic E-state index is 0.115. The molecular weight excluding hydrogens is 479 g/mol. The SMILES string of the molecule is O=C(NCC(CC1CCCC1)C(=O)N1CCCC1C(=O)N=c1ccc(F)cn1O)OCc1ccccc1. The molecule has 2 fully saturated rings. The number of likely N-dealkylation sites (tertiary alicyclic amines) is 1. The van der Waals surface area contributed by atoms with Crippen LogP contribution in [0.1, 0.15) is 50.5 Å². The van der Waals surface area contributed by atoms with Crippen molar-refractivity contribution in [2.75, 3.05) is 13.1 Å². The molecule has 2 aromatic rings. The van der Waals surface area contributed by atoms with Crippen LogP contribution in [0.2, 0.25) is 0 Å². The first kappa shape index (κ1) is 26.4. The van der Waals surface area contributed by atoms with Crippen molar-refractivity contribution in [2.45, 2.75) is 57.6 Å². The predicted molar refractivity (Wildman–Crippen MR) is 132 cm³/mol. The van der Waals surface area contributed by atoms with Gasteiger partial charge in [-0.05, 0) is 42.9 Å². The van der Waals surface area contributed by atoms with Crippen LogP contribution >= 0.6 is 0 Å². The number of nitrogens with zero attached hydrogens (tertiary/aromatic N) is 3. The molecule has 2 aliphatic rings. The van der Waals surface area contributed by atoms with Gasteiger partial charge in [0.2, 0.25) is 5.91 Å². The van der Waals surface area contributed by atoms with Crippen LogP contribution in [0, 0.1) is 17.7 Å². The number of pyridine rings is 1. The van der Waals surface area contributed by atoms with Crippen molar-refractivity contribution in [2.24, 2.45) is 16.8 Å². The number of carbonyl (C=O) groups excluding carboxylic acids is 3. The van der Waals surface area contributed by atoms with E-state index in [2.05, 4.69) is 10.3 Å². The first-order chi connectivity index (χ1) is 17.9. The molecule has 2 N–H and O–H groups in total. The molecule has 2 unspecified atom stereocenters. The lowest BCUT2D eigenvalue weighted by atomic mass is 9.91. The Kier molecular flexibility index (Phi) is 8.92. The zero-order chi connectivity index (χ0) is 26.2. The molecule has 198 valence electrons. The van der Waals surface area contributed by atoms with Crippen molar-refractivity contribution in [1.29, 1.82) is 0 Å². The van der Waals surface area contributed by atoms with Crippen molar-refractivity contribution in [3.05, 3.63) is 65.5 Å². The molecule has 1 saturated heterocycles. The van der Waals surface area contributed by atoms with Crippen LogP contribution in [-0.4, -0.2) is 51.9 Å². The lowest BCUT2D eigenvalue weighted by Crippen LogP contribution is -2.47. The van der Waals surface area contributed by atoms with Crippen LogP contribution in [-0.2, 0) is 20.9 Å². The van der Waals surface area contributed by atoms with Crippen LogP contribution in [0.4, 0.5) is 9.18 Å². The molecule has 1 aromatic heterocycles. The smallest absolute Gasteiger partial charge is 0.407 e. The Hall–Kier alpha value is -3.69. The topological polar surface area (TPSA) is 113 Å². The number of nitrogens with one attached hydrogen (secondary N) is 1. The molecular formula is C27H33FN4O5. The number of hydrogen-bond donors (Lipinski definition) is 2. The van der Waals surface area contributed by atoms with Gasteiger partial charge in [0.05, 0.1) is 12.1 Å². The maximum atomic E-state index is 13.6. The molecule has 10 heteroatoms. The Labute approximate surface area is 214 Å². The molecule has 4 rings (SSSR count). The van der Waals surface area contributed by atoms with E-state index in [1.54, 1.807) is 0 Å². The molecule has 0 spiro atoms. The third kappa shape index (κ3) is 7.18. The Morgan fingerprint density at radius 2 is 1.84 bits per heavy atom. The van der Waals surface area contributed by atoms with E-state index in [0.29, 0.717) is 36.5 Å². The molecule has 9 nitrogen and oxygen atoms in total. The quantitative estimate of drug-likeness (QED) is 0.527. The molecule has 3 amide bonds. The number of hydrogen-bond acceptors (Lipinski definition) is 5. The van der Waals surface area contributed by atoms with Gasteiger partial charge < -0.3 is 20.2 Å². The maximum absolute atomic E-state index is 13.6. The Morgan fingerprint density at radius 3 is 2.57 bits per heavy atom. The number of carbonyl (C=O) groups is 3. The van der Waals surface area contributed by atoms with E-state index in [1.807, 2.05) is 30.3 Å². The fourth-order valence-corrected chi connectivity index (χ4v) is 5.15. The van der Waals surface area contributed by atoms with Gasteiger partial charge in [0.15, 0.2) is 5.49 Å². The summed E-state index contributed by atoms with van der Waals surface area (Å²) in [4.78, 5) is 44.4. The second kappa shape index (κ2) is 12.5. The molecule has 0 bridgehead atoms. The molecule has 37 heavy (non-hydrogen) atoms. The zero-order valence-corrected chi connectivity index (χ0v) is 20.7.